The highest BCUT2D eigenvalue weighted by molar-refractivity contribution is 7.15. The average Bonchev–Trinajstić information content (AvgIpc) is 3.10. The number of hydrogen-bond acceptors (Lipinski definition) is 4. The number of halogens is 1. The van der Waals surface area contributed by atoms with Gasteiger partial charge in [-0.25, -0.2) is 4.98 Å². The predicted molar refractivity (Wildman–Crippen MR) is 112 cm³/mol. The molecule has 2 heterocycles. The molecule has 0 saturated carbocycles. The van der Waals surface area contributed by atoms with Crippen LogP contribution in [-0.4, -0.2) is 42.0 Å². The zero-order chi connectivity index (χ0) is 18.8. The van der Waals surface area contributed by atoms with Crippen molar-refractivity contribution in [3.05, 3.63) is 70.3 Å². The van der Waals surface area contributed by atoms with Gasteiger partial charge in [0.05, 0.1) is 9.88 Å². The number of carbonyl (C=O) groups excluding carboxylic acids is 1. The van der Waals surface area contributed by atoms with Gasteiger partial charge < -0.3 is 9.80 Å². The Balaban J connectivity index is 1.51. The van der Waals surface area contributed by atoms with Crippen molar-refractivity contribution < 1.29 is 4.79 Å². The molecule has 1 aliphatic heterocycles. The zero-order valence-electron chi connectivity index (χ0n) is 15.1. The van der Waals surface area contributed by atoms with Gasteiger partial charge >= 0.3 is 0 Å². The minimum Gasteiger partial charge on any atom is -0.368 e. The molecule has 1 aromatic heterocycles. The molecule has 0 bridgehead atoms. The lowest BCUT2D eigenvalue weighted by atomic mass is 10.1. The van der Waals surface area contributed by atoms with E-state index in [2.05, 4.69) is 16.0 Å². The van der Waals surface area contributed by atoms with Gasteiger partial charge in [-0.2, -0.15) is 0 Å². The molecule has 1 amide bonds. The average molecular weight is 398 g/mol. The van der Waals surface area contributed by atoms with E-state index in [1.165, 1.54) is 0 Å². The fourth-order valence-corrected chi connectivity index (χ4v) is 4.45. The highest BCUT2D eigenvalue weighted by atomic mass is 35.5. The molecule has 1 saturated heterocycles. The molecule has 0 unspecified atom stereocenters. The molecular formula is C21H20ClN3OS. The number of piperazine rings is 1. The molecule has 3 aromatic rings. The van der Waals surface area contributed by atoms with E-state index in [0.717, 1.165) is 39.2 Å². The summed E-state index contributed by atoms with van der Waals surface area (Å²) in [5.74, 6) is 0.0175. The van der Waals surface area contributed by atoms with Gasteiger partial charge in [-0.3, -0.25) is 4.79 Å². The number of benzene rings is 2. The van der Waals surface area contributed by atoms with Gasteiger partial charge in [-0.1, -0.05) is 48.0 Å². The van der Waals surface area contributed by atoms with Crippen molar-refractivity contribution in [1.29, 1.82) is 0 Å². The van der Waals surface area contributed by atoms with E-state index < -0.39 is 0 Å². The maximum atomic E-state index is 13.1. The summed E-state index contributed by atoms with van der Waals surface area (Å²) in [6, 6.07) is 17.9. The van der Waals surface area contributed by atoms with E-state index in [1.54, 1.807) is 11.3 Å². The van der Waals surface area contributed by atoms with E-state index in [9.17, 15) is 4.79 Å². The summed E-state index contributed by atoms with van der Waals surface area (Å²) in [4.78, 5) is 22.8. The standard InChI is InChI=1S/C21H20ClN3OS/c1-15-23-19(20(27-15)16-6-3-2-4-7-16)21(26)25-12-10-24(11-13-25)18-9-5-8-17(22)14-18/h2-9,14H,10-13H2,1H3. The molecule has 6 heteroatoms. The third-order valence-corrected chi connectivity index (χ3v) is 5.97. The number of amides is 1. The normalized spacial score (nSPS) is 14.4. The number of nitrogens with zero attached hydrogens (tertiary/aromatic N) is 3. The number of hydrogen-bond donors (Lipinski definition) is 0. The summed E-state index contributed by atoms with van der Waals surface area (Å²) >= 11 is 7.68. The minimum atomic E-state index is 0.0175. The first-order chi connectivity index (χ1) is 13.1. The molecule has 4 nitrogen and oxygen atoms in total. The first kappa shape index (κ1) is 18.0. The lowest BCUT2D eigenvalue weighted by molar-refractivity contribution is 0.0742. The number of aryl methyl sites for hydroxylation is 1. The second-order valence-electron chi connectivity index (χ2n) is 6.54. The Morgan fingerprint density at radius 2 is 1.78 bits per heavy atom. The number of rotatable bonds is 3. The first-order valence-corrected chi connectivity index (χ1v) is 10.1. The Morgan fingerprint density at radius 1 is 1.04 bits per heavy atom. The second-order valence-corrected chi connectivity index (χ2v) is 8.18. The van der Waals surface area contributed by atoms with E-state index in [4.69, 9.17) is 11.6 Å². The summed E-state index contributed by atoms with van der Waals surface area (Å²) in [6.45, 7) is 4.88. The number of anilines is 1. The summed E-state index contributed by atoms with van der Waals surface area (Å²) < 4.78 is 0. The van der Waals surface area contributed by atoms with Crippen molar-refractivity contribution in [3.8, 4) is 10.4 Å². The van der Waals surface area contributed by atoms with Crippen molar-refractivity contribution in [2.75, 3.05) is 31.1 Å². The lowest BCUT2D eigenvalue weighted by Gasteiger charge is -2.36. The first-order valence-electron chi connectivity index (χ1n) is 8.94. The second kappa shape index (κ2) is 7.71. The summed E-state index contributed by atoms with van der Waals surface area (Å²) in [7, 11) is 0. The molecule has 0 aliphatic carbocycles. The van der Waals surface area contributed by atoms with E-state index in [1.807, 2.05) is 60.4 Å². The van der Waals surface area contributed by atoms with Crippen molar-refractivity contribution in [2.24, 2.45) is 0 Å². The van der Waals surface area contributed by atoms with Gasteiger partial charge in [0, 0.05) is 36.9 Å². The highest BCUT2D eigenvalue weighted by Gasteiger charge is 2.27. The molecule has 0 N–H and O–H groups in total. The van der Waals surface area contributed by atoms with Crippen LogP contribution in [0.25, 0.3) is 10.4 Å². The quantitative estimate of drug-likeness (QED) is 0.640. The Hall–Kier alpha value is -2.37. The van der Waals surface area contributed by atoms with E-state index in [-0.39, 0.29) is 5.91 Å². The number of carbonyl (C=O) groups is 1. The van der Waals surface area contributed by atoms with Crippen molar-refractivity contribution in [1.82, 2.24) is 9.88 Å². The fraction of sp³-hybridized carbons (Fsp3) is 0.238. The third kappa shape index (κ3) is 3.84. The Labute approximate surface area is 168 Å². The van der Waals surface area contributed by atoms with Crippen molar-refractivity contribution in [3.63, 3.8) is 0 Å². The molecular weight excluding hydrogens is 378 g/mol. The van der Waals surface area contributed by atoms with Gasteiger partial charge in [-0.05, 0) is 30.7 Å². The van der Waals surface area contributed by atoms with Crippen LogP contribution in [0.3, 0.4) is 0 Å². The van der Waals surface area contributed by atoms with Gasteiger partial charge in [0.25, 0.3) is 5.91 Å². The van der Waals surface area contributed by atoms with Crippen molar-refractivity contribution in [2.45, 2.75) is 6.92 Å². The topological polar surface area (TPSA) is 36.4 Å². The van der Waals surface area contributed by atoms with Gasteiger partial charge in [-0.15, -0.1) is 11.3 Å². The predicted octanol–water partition coefficient (Wildman–Crippen LogP) is 4.73. The van der Waals surface area contributed by atoms with Crippen LogP contribution in [0.4, 0.5) is 5.69 Å². The summed E-state index contributed by atoms with van der Waals surface area (Å²) in [5, 5.41) is 1.64. The Morgan fingerprint density at radius 3 is 2.48 bits per heavy atom. The molecule has 2 aromatic carbocycles. The zero-order valence-corrected chi connectivity index (χ0v) is 16.6. The highest BCUT2D eigenvalue weighted by Crippen LogP contribution is 2.31. The summed E-state index contributed by atoms with van der Waals surface area (Å²) in [6.07, 6.45) is 0. The molecule has 1 aliphatic rings. The maximum Gasteiger partial charge on any atom is 0.274 e. The van der Waals surface area contributed by atoms with E-state index in [0.29, 0.717) is 18.8 Å². The van der Waals surface area contributed by atoms with Crippen LogP contribution in [0, 0.1) is 6.92 Å². The number of aromatic nitrogens is 1. The third-order valence-electron chi connectivity index (χ3n) is 4.71. The van der Waals surface area contributed by atoms with Crippen LogP contribution < -0.4 is 4.90 Å². The number of thiazole rings is 1. The van der Waals surface area contributed by atoms with Gasteiger partial charge in [0.1, 0.15) is 5.69 Å². The largest absolute Gasteiger partial charge is 0.368 e. The molecule has 138 valence electrons. The SMILES string of the molecule is Cc1nc(C(=O)N2CCN(c3cccc(Cl)c3)CC2)c(-c2ccccc2)s1. The van der Waals surface area contributed by atoms with Gasteiger partial charge in [0.15, 0.2) is 0 Å². The molecule has 27 heavy (non-hydrogen) atoms. The van der Waals surface area contributed by atoms with Gasteiger partial charge in [0.2, 0.25) is 0 Å². The van der Waals surface area contributed by atoms with Crippen LogP contribution in [0.1, 0.15) is 15.5 Å². The maximum absolute atomic E-state index is 13.1. The van der Waals surface area contributed by atoms with Crippen molar-refractivity contribution >= 4 is 34.5 Å². The smallest absolute Gasteiger partial charge is 0.274 e. The lowest BCUT2D eigenvalue weighted by Crippen LogP contribution is -2.49. The van der Waals surface area contributed by atoms with Crippen LogP contribution in [0.15, 0.2) is 54.6 Å². The fourth-order valence-electron chi connectivity index (χ4n) is 3.35. The minimum absolute atomic E-state index is 0.0175. The van der Waals surface area contributed by atoms with Crippen LogP contribution in [0.5, 0.6) is 0 Å². The molecule has 0 atom stereocenters. The van der Waals surface area contributed by atoms with Crippen LogP contribution in [-0.2, 0) is 0 Å². The monoisotopic (exact) mass is 397 g/mol. The molecule has 4 rings (SSSR count). The van der Waals surface area contributed by atoms with E-state index >= 15 is 0 Å². The molecule has 1 fully saturated rings. The molecule has 0 radical (unpaired) electrons. The molecule has 0 spiro atoms. The Kier molecular flexibility index (Phi) is 5.14. The summed E-state index contributed by atoms with van der Waals surface area (Å²) in [5.41, 5.74) is 2.72. The van der Waals surface area contributed by atoms with Crippen LogP contribution >= 0.6 is 22.9 Å². The van der Waals surface area contributed by atoms with Crippen LogP contribution in [0.2, 0.25) is 5.02 Å². The Bertz CT molecular complexity index is 949.